The normalized spacial score (nSPS) is 10.7. The molecule has 0 atom stereocenters. The number of carbonyl (C=O) groups excluding carboxylic acids is 1. The van der Waals surface area contributed by atoms with Crippen LogP contribution in [0, 0.1) is 6.92 Å². The summed E-state index contributed by atoms with van der Waals surface area (Å²) in [6, 6.07) is 19.4. The maximum atomic E-state index is 12.4. The molecule has 6 nitrogen and oxygen atoms in total. The highest BCUT2D eigenvalue weighted by atomic mass is 79.9. The summed E-state index contributed by atoms with van der Waals surface area (Å²) in [5, 5.41) is 2.85. The van der Waals surface area contributed by atoms with E-state index in [2.05, 4.69) is 26.2 Å². The summed E-state index contributed by atoms with van der Waals surface area (Å²) in [5.41, 5.74) is 3.14. The average Bonchev–Trinajstić information content (AvgIpc) is 2.72. The van der Waals surface area contributed by atoms with Crippen LogP contribution < -0.4 is 15.6 Å². The molecular weight excluding hydrogens is 446 g/mol. The molecule has 0 saturated carbocycles. The van der Waals surface area contributed by atoms with Crippen LogP contribution in [0.4, 0.5) is 5.69 Å². The third-order valence-corrected chi connectivity index (χ3v) is 4.93. The summed E-state index contributed by atoms with van der Waals surface area (Å²) in [4.78, 5) is 29.2. The zero-order valence-corrected chi connectivity index (χ0v) is 17.7. The molecular formula is C23H18BrN3O3. The molecule has 0 aliphatic rings. The van der Waals surface area contributed by atoms with Crippen molar-refractivity contribution in [2.24, 2.45) is 0 Å². The van der Waals surface area contributed by atoms with Crippen LogP contribution in [0.25, 0.3) is 5.65 Å². The van der Waals surface area contributed by atoms with E-state index in [1.165, 1.54) is 10.5 Å². The molecule has 0 aliphatic carbocycles. The molecule has 150 valence electrons. The Morgan fingerprint density at radius 1 is 1.10 bits per heavy atom. The Hall–Kier alpha value is -3.45. The van der Waals surface area contributed by atoms with E-state index in [4.69, 9.17) is 4.74 Å². The van der Waals surface area contributed by atoms with E-state index >= 15 is 0 Å². The fourth-order valence-corrected chi connectivity index (χ4v) is 3.38. The van der Waals surface area contributed by atoms with Crippen LogP contribution in [0.1, 0.15) is 21.6 Å². The topological polar surface area (TPSA) is 72.7 Å². The van der Waals surface area contributed by atoms with Crippen LogP contribution in [0.2, 0.25) is 0 Å². The number of pyridine rings is 1. The molecule has 2 aromatic carbocycles. The second-order valence-corrected chi connectivity index (χ2v) is 7.71. The van der Waals surface area contributed by atoms with Gasteiger partial charge in [-0.25, -0.2) is 4.98 Å². The number of aromatic nitrogens is 2. The highest BCUT2D eigenvalue weighted by Gasteiger charge is 2.08. The summed E-state index contributed by atoms with van der Waals surface area (Å²) in [5.74, 6) is 0.348. The molecule has 0 radical (unpaired) electrons. The Labute approximate surface area is 181 Å². The first kappa shape index (κ1) is 19.8. The molecule has 0 unspecified atom stereocenters. The number of amides is 1. The largest absolute Gasteiger partial charge is 0.487 e. The van der Waals surface area contributed by atoms with Gasteiger partial charge in [-0.05, 0) is 55.0 Å². The van der Waals surface area contributed by atoms with Gasteiger partial charge in [-0.1, -0.05) is 28.1 Å². The number of nitrogens with zero attached hydrogens (tertiary/aromatic N) is 2. The van der Waals surface area contributed by atoms with Gasteiger partial charge in [0.2, 0.25) is 0 Å². The molecule has 0 fully saturated rings. The molecule has 0 aliphatic heterocycles. The Morgan fingerprint density at radius 2 is 1.93 bits per heavy atom. The first-order chi connectivity index (χ1) is 14.5. The molecule has 30 heavy (non-hydrogen) atoms. The molecule has 0 saturated heterocycles. The van der Waals surface area contributed by atoms with Gasteiger partial charge in [0, 0.05) is 34.1 Å². The van der Waals surface area contributed by atoms with E-state index in [9.17, 15) is 9.59 Å². The number of nitrogens with one attached hydrogen (secondary N) is 1. The monoisotopic (exact) mass is 463 g/mol. The van der Waals surface area contributed by atoms with Crippen LogP contribution in [-0.2, 0) is 6.61 Å². The van der Waals surface area contributed by atoms with Gasteiger partial charge >= 0.3 is 0 Å². The molecule has 2 heterocycles. The van der Waals surface area contributed by atoms with Crippen molar-refractivity contribution in [2.45, 2.75) is 13.5 Å². The number of halogens is 1. The van der Waals surface area contributed by atoms with E-state index in [0.29, 0.717) is 28.3 Å². The molecule has 4 aromatic rings. The number of aryl methyl sites for hydroxylation is 1. The second-order valence-electron chi connectivity index (χ2n) is 6.80. The van der Waals surface area contributed by atoms with Crippen LogP contribution in [0.3, 0.4) is 0 Å². The highest BCUT2D eigenvalue weighted by Crippen LogP contribution is 2.20. The third kappa shape index (κ3) is 4.58. The first-order valence-corrected chi connectivity index (χ1v) is 10.1. The van der Waals surface area contributed by atoms with Gasteiger partial charge in [0.1, 0.15) is 18.0 Å². The molecule has 4 rings (SSSR count). The number of carbonyl (C=O) groups is 1. The van der Waals surface area contributed by atoms with Gasteiger partial charge in [0.05, 0.1) is 5.69 Å². The second kappa shape index (κ2) is 8.51. The van der Waals surface area contributed by atoms with Crippen molar-refractivity contribution in [3.8, 4) is 5.75 Å². The smallest absolute Gasteiger partial charge is 0.258 e. The quantitative estimate of drug-likeness (QED) is 0.469. The van der Waals surface area contributed by atoms with Crippen molar-refractivity contribution >= 4 is 33.2 Å². The summed E-state index contributed by atoms with van der Waals surface area (Å²) < 4.78 is 8.13. The third-order valence-electron chi connectivity index (χ3n) is 4.44. The molecule has 1 N–H and O–H groups in total. The van der Waals surface area contributed by atoms with Crippen LogP contribution >= 0.6 is 15.9 Å². The number of rotatable bonds is 5. The predicted molar refractivity (Wildman–Crippen MR) is 119 cm³/mol. The molecule has 0 spiro atoms. The maximum absolute atomic E-state index is 12.4. The number of benzene rings is 2. The lowest BCUT2D eigenvalue weighted by Gasteiger charge is -2.10. The van der Waals surface area contributed by atoms with Gasteiger partial charge in [0.25, 0.3) is 11.5 Å². The zero-order valence-electron chi connectivity index (χ0n) is 16.1. The highest BCUT2D eigenvalue weighted by molar-refractivity contribution is 9.10. The summed E-state index contributed by atoms with van der Waals surface area (Å²) in [7, 11) is 0. The lowest BCUT2D eigenvalue weighted by atomic mass is 10.2. The Balaban J connectivity index is 1.48. The van der Waals surface area contributed by atoms with Gasteiger partial charge in [0.15, 0.2) is 0 Å². The van der Waals surface area contributed by atoms with E-state index in [1.807, 2.05) is 25.1 Å². The Bertz CT molecular complexity index is 1300. The number of ether oxygens (including phenoxy) is 1. The van der Waals surface area contributed by atoms with Crippen molar-refractivity contribution < 1.29 is 9.53 Å². The SMILES string of the molecule is Cc1ccn2c(=O)cc(COc3cccc(NC(=O)c4cccc(Br)c4)c3)nc2c1. The number of anilines is 1. The minimum atomic E-state index is -0.215. The predicted octanol–water partition coefficient (Wildman–Crippen LogP) is 4.60. The van der Waals surface area contributed by atoms with Crippen LogP contribution in [0.15, 0.2) is 82.2 Å². The Morgan fingerprint density at radius 3 is 2.77 bits per heavy atom. The summed E-state index contributed by atoms with van der Waals surface area (Å²) >= 11 is 3.36. The lowest BCUT2D eigenvalue weighted by Crippen LogP contribution is -2.16. The molecule has 2 aromatic heterocycles. The van der Waals surface area contributed by atoms with Gasteiger partial charge in [-0.3, -0.25) is 14.0 Å². The van der Waals surface area contributed by atoms with E-state index < -0.39 is 0 Å². The minimum Gasteiger partial charge on any atom is -0.487 e. The fourth-order valence-electron chi connectivity index (χ4n) is 2.98. The lowest BCUT2D eigenvalue weighted by molar-refractivity contribution is 0.102. The summed E-state index contributed by atoms with van der Waals surface area (Å²) in [6.45, 7) is 2.09. The molecule has 7 heteroatoms. The van der Waals surface area contributed by atoms with Gasteiger partial charge in [-0.2, -0.15) is 0 Å². The number of fused-ring (bicyclic) bond motifs is 1. The van der Waals surface area contributed by atoms with Crippen molar-refractivity contribution in [1.29, 1.82) is 0 Å². The van der Waals surface area contributed by atoms with Crippen LogP contribution in [0.5, 0.6) is 5.75 Å². The van der Waals surface area contributed by atoms with Crippen LogP contribution in [-0.4, -0.2) is 15.3 Å². The number of hydrogen-bond donors (Lipinski definition) is 1. The van der Waals surface area contributed by atoms with E-state index in [-0.39, 0.29) is 18.1 Å². The van der Waals surface area contributed by atoms with E-state index in [0.717, 1.165) is 10.0 Å². The standard InChI is InChI=1S/C23H18BrN3O3/c1-15-8-9-27-21(10-15)25-19(13-22(27)28)14-30-20-7-3-6-18(12-20)26-23(29)16-4-2-5-17(24)11-16/h2-13H,14H2,1H3,(H,26,29). The Kier molecular flexibility index (Phi) is 5.63. The average molecular weight is 464 g/mol. The number of hydrogen-bond acceptors (Lipinski definition) is 4. The van der Waals surface area contributed by atoms with Crippen molar-refractivity contribution in [2.75, 3.05) is 5.32 Å². The first-order valence-electron chi connectivity index (χ1n) is 9.27. The molecule has 0 bridgehead atoms. The van der Waals surface area contributed by atoms with Gasteiger partial charge < -0.3 is 10.1 Å². The van der Waals surface area contributed by atoms with Crippen molar-refractivity contribution in [3.63, 3.8) is 0 Å². The van der Waals surface area contributed by atoms with Crippen molar-refractivity contribution in [1.82, 2.24) is 9.38 Å². The fraction of sp³-hybridized carbons (Fsp3) is 0.0870. The summed E-state index contributed by atoms with van der Waals surface area (Å²) in [6.07, 6.45) is 1.71. The van der Waals surface area contributed by atoms with Crippen molar-refractivity contribution in [3.05, 3.63) is 105 Å². The molecule has 1 amide bonds. The van der Waals surface area contributed by atoms with E-state index in [1.54, 1.807) is 48.7 Å². The minimum absolute atomic E-state index is 0.142. The van der Waals surface area contributed by atoms with Gasteiger partial charge in [-0.15, -0.1) is 0 Å². The zero-order chi connectivity index (χ0) is 21.1. The maximum Gasteiger partial charge on any atom is 0.258 e.